The molecule has 0 saturated carbocycles. The predicted molar refractivity (Wildman–Crippen MR) is 141 cm³/mol. The molecule has 1 aliphatic heterocycles. The number of ether oxygens (including phenoxy) is 2. The maximum Gasteiger partial charge on any atom is 0.435 e. The average Bonchev–Trinajstić information content (AvgIpc) is 3.74. The normalized spacial score (nSPS) is 15.3. The van der Waals surface area contributed by atoms with E-state index < -0.39 is 30.1 Å². The molecule has 16 heteroatoms. The summed E-state index contributed by atoms with van der Waals surface area (Å²) in [5, 5.41) is 8.51. The summed E-state index contributed by atoms with van der Waals surface area (Å²) in [5.41, 5.74) is -1.16. The molecule has 1 saturated heterocycles. The summed E-state index contributed by atoms with van der Waals surface area (Å²) in [4.78, 5) is 33.1. The van der Waals surface area contributed by atoms with E-state index in [4.69, 9.17) is 9.47 Å². The summed E-state index contributed by atoms with van der Waals surface area (Å²) >= 11 is 0. The number of fused-ring (bicyclic) bond motifs is 1. The molecule has 0 unspecified atom stereocenters. The van der Waals surface area contributed by atoms with Crippen LogP contribution in [-0.2, 0) is 22.1 Å². The first kappa shape index (κ1) is 29.9. The van der Waals surface area contributed by atoms with Crippen LogP contribution in [-0.4, -0.2) is 61.8 Å². The molecule has 228 valence electrons. The highest BCUT2D eigenvalue weighted by atomic mass is 19.4. The van der Waals surface area contributed by atoms with Crippen molar-refractivity contribution in [3.05, 3.63) is 59.8 Å². The lowest BCUT2D eigenvalue weighted by molar-refractivity contribution is -0.141. The minimum Gasteiger partial charge on any atom is -0.436 e. The number of amides is 2. The summed E-state index contributed by atoms with van der Waals surface area (Å²) in [6, 6.07) is 4.70. The van der Waals surface area contributed by atoms with Gasteiger partial charge in [-0.3, -0.25) is 14.0 Å². The zero-order chi connectivity index (χ0) is 30.7. The lowest BCUT2D eigenvalue weighted by Gasteiger charge is -2.13. The molecule has 1 aromatic carbocycles. The van der Waals surface area contributed by atoms with Gasteiger partial charge in [0.15, 0.2) is 5.69 Å². The van der Waals surface area contributed by atoms with Crippen LogP contribution >= 0.6 is 0 Å². The summed E-state index contributed by atoms with van der Waals surface area (Å²) in [7, 11) is 0. The largest absolute Gasteiger partial charge is 0.436 e. The highest BCUT2D eigenvalue weighted by molar-refractivity contribution is 5.96. The number of rotatable bonds is 10. The van der Waals surface area contributed by atoms with Crippen molar-refractivity contribution in [3.8, 4) is 22.9 Å². The number of carbonyl (C=O) groups excluding carboxylic acids is 2. The smallest absolute Gasteiger partial charge is 0.435 e. The molecule has 2 N–H and O–H groups in total. The Morgan fingerprint density at radius 2 is 1.98 bits per heavy atom. The molecule has 4 aromatic rings. The number of benzene rings is 1. The van der Waals surface area contributed by atoms with E-state index in [2.05, 4.69) is 25.7 Å². The Balaban J connectivity index is 1.31. The van der Waals surface area contributed by atoms with Gasteiger partial charge < -0.3 is 20.1 Å². The van der Waals surface area contributed by atoms with Crippen LogP contribution in [0.2, 0.25) is 0 Å². The number of imidazole rings is 1. The van der Waals surface area contributed by atoms with E-state index >= 15 is 0 Å². The van der Waals surface area contributed by atoms with Crippen molar-refractivity contribution in [2.45, 2.75) is 45.0 Å². The Hall–Kier alpha value is -4.60. The van der Waals surface area contributed by atoms with E-state index in [1.807, 2.05) is 6.92 Å². The molecule has 43 heavy (non-hydrogen) atoms. The fraction of sp³-hybridized carbons (Fsp3) is 0.370. The first-order valence-corrected chi connectivity index (χ1v) is 13.3. The second-order valence-electron chi connectivity index (χ2n) is 9.54. The van der Waals surface area contributed by atoms with Gasteiger partial charge in [-0.25, -0.2) is 14.6 Å². The second kappa shape index (κ2) is 12.3. The highest BCUT2D eigenvalue weighted by Crippen LogP contribution is 2.38. The molecule has 0 spiro atoms. The first-order chi connectivity index (χ1) is 20.6. The number of alkyl halides is 5. The van der Waals surface area contributed by atoms with Gasteiger partial charge in [-0.15, -0.1) is 0 Å². The van der Waals surface area contributed by atoms with Crippen LogP contribution in [0.15, 0.2) is 43.0 Å². The third-order valence-electron chi connectivity index (χ3n) is 6.72. The van der Waals surface area contributed by atoms with Gasteiger partial charge >= 0.3 is 12.7 Å². The quantitative estimate of drug-likeness (QED) is 0.203. The standard InChI is InChI=1S/C27H26F5N7O4/c1-2-15-12-16(5-6-17(15)23(40)33-7-8-34-24(41)20-4-3-11-42-20)43-25-22-36-13-19(38(22)10-9-35-25)18-14-39(26(28)29)37-21(18)27(30,31)32/h5-6,9-10,12-14,20,26H,2-4,7-8,11H2,1H3,(H,33,40)(H,34,41)/t20-/m0/s1. The summed E-state index contributed by atoms with van der Waals surface area (Å²) < 4.78 is 79.4. The molecule has 5 rings (SSSR count). The Bertz CT molecular complexity index is 1630. The van der Waals surface area contributed by atoms with Gasteiger partial charge in [0.25, 0.3) is 11.8 Å². The molecular weight excluding hydrogens is 581 g/mol. The van der Waals surface area contributed by atoms with Crippen LogP contribution in [0.4, 0.5) is 22.0 Å². The number of nitrogens with one attached hydrogen (secondary N) is 2. The third-order valence-corrected chi connectivity index (χ3v) is 6.72. The Morgan fingerprint density at radius 1 is 1.19 bits per heavy atom. The number of hydrogen-bond donors (Lipinski definition) is 2. The molecule has 1 atom stereocenters. The van der Waals surface area contributed by atoms with E-state index in [-0.39, 0.29) is 52.6 Å². The van der Waals surface area contributed by atoms with Crippen LogP contribution in [0.5, 0.6) is 11.6 Å². The van der Waals surface area contributed by atoms with Gasteiger partial charge in [0, 0.05) is 43.9 Å². The van der Waals surface area contributed by atoms with Crippen molar-refractivity contribution >= 4 is 17.5 Å². The van der Waals surface area contributed by atoms with E-state index in [9.17, 15) is 31.5 Å². The first-order valence-electron chi connectivity index (χ1n) is 13.3. The van der Waals surface area contributed by atoms with Gasteiger partial charge in [-0.1, -0.05) is 6.92 Å². The maximum absolute atomic E-state index is 13.6. The fourth-order valence-corrected chi connectivity index (χ4v) is 4.67. The molecule has 0 bridgehead atoms. The number of aryl methyl sites for hydroxylation is 1. The SMILES string of the molecule is CCc1cc(Oc2nccn3c(-c4cn(C(F)F)nc4C(F)(F)F)cnc23)ccc1C(=O)NCCNC(=O)[C@@H]1CCCO1. The Labute approximate surface area is 241 Å². The van der Waals surface area contributed by atoms with Crippen LogP contribution in [0.1, 0.15) is 47.9 Å². The Kier molecular flexibility index (Phi) is 8.57. The molecule has 3 aromatic heterocycles. The number of nitrogens with zero attached hydrogens (tertiary/aromatic N) is 5. The van der Waals surface area contributed by atoms with Gasteiger partial charge in [0.05, 0.1) is 17.5 Å². The zero-order valence-electron chi connectivity index (χ0n) is 22.7. The highest BCUT2D eigenvalue weighted by Gasteiger charge is 2.39. The van der Waals surface area contributed by atoms with Crippen LogP contribution < -0.4 is 15.4 Å². The third kappa shape index (κ3) is 6.43. The van der Waals surface area contributed by atoms with Crippen molar-refractivity contribution in [3.63, 3.8) is 0 Å². The van der Waals surface area contributed by atoms with Gasteiger partial charge in [-0.05, 0) is 43.0 Å². The van der Waals surface area contributed by atoms with Crippen LogP contribution in [0, 0.1) is 0 Å². The van der Waals surface area contributed by atoms with Gasteiger partial charge in [0.1, 0.15) is 11.9 Å². The number of carbonyl (C=O) groups is 2. The lowest BCUT2D eigenvalue weighted by Crippen LogP contribution is -2.39. The Morgan fingerprint density at radius 3 is 2.67 bits per heavy atom. The molecule has 2 amide bonds. The molecule has 1 fully saturated rings. The van der Waals surface area contributed by atoms with Gasteiger partial charge in [-0.2, -0.15) is 27.1 Å². The van der Waals surface area contributed by atoms with Crippen LogP contribution in [0.3, 0.4) is 0 Å². The van der Waals surface area contributed by atoms with E-state index in [0.717, 1.165) is 12.6 Å². The maximum atomic E-state index is 13.6. The molecule has 0 radical (unpaired) electrons. The van der Waals surface area contributed by atoms with E-state index in [1.54, 1.807) is 12.1 Å². The monoisotopic (exact) mass is 607 g/mol. The van der Waals surface area contributed by atoms with Crippen molar-refractivity contribution in [2.24, 2.45) is 0 Å². The van der Waals surface area contributed by atoms with Crippen molar-refractivity contribution < 1.29 is 41.0 Å². The number of aromatic nitrogens is 5. The number of halogens is 5. The van der Waals surface area contributed by atoms with Crippen molar-refractivity contribution in [2.75, 3.05) is 19.7 Å². The summed E-state index contributed by atoms with van der Waals surface area (Å²) in [5.74, 6) is -0.342. The topological polar surface area (TPSA) is 125 Å². The van der Waals surface area contributed by atoms with Crippen molar-refractivity contribution in [1.82, 2.24) is 34.8 Å². The fourth-order valence-electron chi connectivity index (χ4n) is 4.67. The summed E-state index contributed by atoms with van der Waals surface area (Å²) in [6.45, 7) is -0.428. The average molecular weight is 608 g/mol. The molecule has 1 aliphatic rings. The molecule has 11 nitrogen and oxygen atoms in total. The second-order valence-corrected chi connectivity index (χ2v) is 9.54. The van der Waals surface area contributed by atoms with Crippen LogP contribution in [0.25, 0.3) is 16.9 Å². The molecule has 0 aliphatic carbocycles. The zero-order valence-corrected chi connectivity index (χ0v) is 22.7. The summed E-state index contributed by atoms with van der Waals surface area (Å²) in [6.07, 6.45) is 0.797. The number of hydrogen-bond acceptors (Lipinski definition) is 7. The minimum absolute atomic E-state index is 0.0281. The van der Waals surface area contributed by atoms with E-state index in [0.29, 0.717) is 36.8 Å². The van der Waals surface area contributed by atoms with Crippen molar-refractivity contribution in [1.29, 1.82) is 0 Å². The van der Waals surface area contributed by atoms with Gasteiger partial charge in [0.2, 0.25) is 11.6 Å². The lowest BCUT2D eigenvalue weighted by atomic mass is 10.0. The predicted octanol–water partition coefficient (Wildman–Crippen LogP) is 4.39. The minimum atomic E-state index is -4.99. The van der Waals surface area contributed by atoms with E-state index in [1.165, 1.54) is 22.9 Å². The molecular formula is C27H26F5N7O4. The molecule has 4 heterocycles.